The fourth-order valence-corrected chi connectivity index (χ4v) is 3.69. The van der Waals surface area contributed by atoms with Crippen molar-refractivity contribution in [3.05, 3.63) is 33.4 Å². The van der Waals surface area contributed by atoms with Crippen molar-refractivity contribution >= 4 is 46.5 Å². The van der Waals surface area contributed by atoms with Gasteiger partial charge in [0.05, 0.1) is 0 Å². The Morgan fingerprint density at radius 3 is 1.74 bits per heavy atom. The lowest BCUT2D eigenvalue weighted by molar-refractivity contribution is -0.252. The summed E-state index contributed by atoms with van der Waals surface area (Å²) in [4.78, 5) is 46.7. The van der Waals surface area contributed by atoms with Gasteiger partial charge in [-0.2, -0.15) is 0 Å². The van der Waals surface area contributed by atoms with Gasteiger partial charge in [0.25, 0.3) is 0 Å². The van der Waals surface area contributed by atoms with Crippen LogP contribution < -0.4 is 0 Å². The lowest BCUT2D eigenvalue weighted by Crippen LogP contribution is -2.62. The average molecular weight is 548 g/mol. The number of hydrogen-bond donors (Lipinski definition) is 0. The summed E-state index contributed by atoms with van der Waals surface area (Å²) in [6.45, 7) is 4.60. The second-order valence-electron chi connectivity index (χ2n) is 7.07. The molecule has 1 fully saturated rings. The van der Waals surface area contributed by atoms with E-state index in [9.17, 15) is 19.2 Å². The number of esters is 4. The van der Waals surface area contributed by atoms with Gasteiger partial charge in [-0.1, -0.05) is 12.1 Å². The molecule has 0 radical (unpaired) electrons. The highest BCUT2D eigenvalue weighted by atomic mass is 127. The van der Waals surface area contributed by atoms with E-state index in [0.29, 0.717) is 6.42 Å². The summed E-state index contributed by atoms with van der Waals surface area (Å²) >= 11 is 2.18. The summed E-state index contributed by atoms with van der Waals surface area (Å²) in [6, 6.07) is 7.63. The summed E-state index contributed by atoms with van der Waals surface area (Å²) in [5.74, 6) is -2.47. The molecular weight excluding hydrogens is 523 g/mol. The van der Waals surface area contributed by atoms with Crippen LogP contribution in [0.2, 0.25) is 0 Å². The molecule has 1 aromatic rings. The molecule has 0 bridgehead atoms. The van der Waals surface area contributed by atoms with Gasteiger partial charge in [-0.15, -0.1) is 0 Å². The second-order valence-corrected chi connectivity index (χ2v) is 8.31. The predicted octanol–water partition coefficient (Wildman–Crippen LogP) is 1.96. The molecule has 0 N–H and O–H groups in total. The molecule has 1 saturated heterocycles. The van der Waals surface area contributed by atoms with Crippen LogP contribution in [0.15, 0.2) is 24.3 Å². The summed E-state index contributed by atoms with van der Waals surface area (Å²) in [6.07, 6.45) is -4.70. The summed E-state index contributed by atoms with van der Waals surface area (Å²) in [5.41, 5.74) is 0.890. The lowest BCUT2D eigenvalue weighted by atomic mass is 9.91. The Balaban J connectivity index is 2.43. The zero-order chi connectivity index (χ0) is 23.1. The number of benzene rings is 1. The molecule has 0 amide bonds. The van der Waals surface area contributed by atoms with Gasteiger partial charge in [0.15, 0.2) is 18.3 Å². The van der Waals surface area contributed by atoms with Crippen molar-refractivity contribution in [2.24, 2.45) is 0 Å². The molecule has 170 valence electrons. The molecule has 0 saturated carbocycles. The van der Waals surface area contributed by atoms with E-state index in [1.165, 1.54) is 27.7 Å². The molecule has 5 atom stereocenters. The van der Waals surface area contributed by atoms with Crippen LogP contribution in [0.4, 0.5) is 0 Å². The predicted molar refractivity (Wildman–Crippen MR) is 115 cm³/mol. The molecule has 2 rings (SSSR count). The Labute approximate surface area is 193 Å². The van der Waals surface area contributed by atoms with Crippen molar-refractivity contribution in [1.29, 1.82) is 0 Å². The van der Waals surface area contributed by atoms with Crippen LogP contribution in [0.5, 0.6) is 0 Å². The maximum atomic E-state index is 11.8. The van der Waals surface area contributed by atoms with E-state index < -0.39 is 54.4 Å². The van der Waals surface area contributed by atoms with Crippen molar-refractivity contribution in [3.63, 3.8) is 0 Å². The van der Waals surface area contributed by atoms with E-state index in [4.69, 9.17) is 23.7 Å². The third kappa shape index (κ3) is 7.76. The Kier molecular flexibility index (Phi) is 9.23. The van der Waals surface area contributed by atoms with E-state index >= 15 is 0 Å². The molecular formula is C21H25IO9. The molecule has 0 unspecified atom stereocenters. The van der Waals surface area contributed by atoms with Gasteiger partial charge in [0.1, 0.15) is 18.8 Å². The maximum Gasteiger partial charge on any atom is 0.303 e. The first-order valence-corrected chi connectivity index (χ1v) is 10.7. The van der Waals surface area contributed by atoms with Crippen LogP contribution in [0, 0.1) is 3.57 Å². The van der Waals surface area contributed by atoms with Crippen molar-refractivity contribution in [2.75, 3.05) is 6.61 Å². The zero-order valence-electron chi connectivity index (χ0n) is 17.7. The van der Waals surface area contributed by atoms with Crippen molar-refractivity contribution in [1.82, 2.24) is 0 Å². The summed E-state index contributed by atoms with van der Waals surface area (Å²) < 4.78 is 28.4. The summed E-state index contributed by atoms with van der Waals surface area (Å²) in [5, 5.41) is 0. The first-order chi connectivity index (χ1) is 14.6. The average Bonchev–Trinajstić information content (AvgIpc) is 2.65. The number of halogens is 1. The number of carbonyl (C=O) groups excluding carboxylic acids is 4. The Bertz CT molecular complexity index is 808. The Hall–Kier alpha value is -2.21. The molecule has 0 aromatic heterocycles. The smallest absolute Gasteiger partial charge is 0.303 e. The van der Waals surface area contributed by atoms with Crippen molar-refractivity contribution in [3.8, 4) is 0 Å². The quantitative estimate of drug-likeness (QED) is 0.287. The largest absolute Gasteiger partial charge is 0.463 e. The number of carbonyl (C=O) groups is 4. The summed E-state index contributed by atoms with van der Waals surface area (Å²) in [7, 11) is 0. The highest BCUT2D eigenvalue weighted by Crippen LogP contribution is 2.31. The van der Waals surface area contributed by atoms with Gasteiger partial charge >= 0.3 is 23.9 Å². The number of hydrogen-bond acceptors (Lipinski definition) is 9. The van der Waals surface area contributed by atoms with Gasteiger partial charge in [0.2, 0.25) is 0 Å². The maximum absolute atomic E-state index is 11.8. The molecule has 1 aromatic carbocycles. The number of rotatable bonds is 7. The third-order valence-electron chi connectivity index (χ3n) is 4.44. The SMILES string of the molecule is CC(=O)OC[C@H]1O[C@H](Cc2ccc(I)cc2)[C@@H](OC(C)=O)[C@@H](OC(C)=O)[C@@H]1OC(C)=O. The van der Waals surface area contributed by atoms with E-state index in [2.05, 4.69) is 22.6 Å². The van der Waals surface area contributed by atoms with Gasteiger partial charge < -0.3 is 23.7 Å². The van der Waals surface area contributed by atoms with Crippen LogP contribution in [0.25, 0.3) is 0 Å². The monoisotopic (exact) mass is 548 g/mol. The van der Waals surface area contributed by atoms with Gasteiger partial charge in [0, 0.05) is 37.7 Å². The molecule has 0 spiro atoms. The first-order valence-electron chi connectivity index (χ1n) is 9.61. The van der Waals surface area contributed by atoms with Crippen LogP contribution in [0.1, 0.15) is 33.3 Å². The molecule has 10 heteroatoms. The minimum atomic E-state index is -1.14. The highest BCUT2D eigenvalue weighted by molar-refractivity contribution is 14.1. The van der Waals surface area contributed by atoms with Gasteiger partial charge in [-0.3, -0.25) is 19.2 Å². The minimum absolute atomic E-state index is 0.235. The standard InChI is InChI=1S/C21H25IO9/c1-11(23)27-10-18-20(29-13(3)25)21(30-14(4)26)19(28-12(2)24)17(31-18)9-15-5-7-16(22)8-6-15/h5-8,17-21H,9-10H2,1-4H3/t17-,18-,19-,20-,21-/m1/s1. The Morgan fingerprint density at radius 2 is 1.26 bits per heavy atom. The van der Waals surface area contributed by atoms with Crippen LogP contribution in [0.3, 0.4) is 0 Å². The highest BCUT2D eigenvalue weighted by Gasteiger charge is 2.51. The minimum Gasteiger partial charge on any atom is -0.463 e. The van der Waals surface area contributed by atoms with Crippen molar-refractivity contribution < 1.29 is 42.9 Å². The van der Waals surface area contributed by atoms with Gasteiger partial charge in [-0.25, -0.2) is 0 Å². The van der Waals surface area contributed by atoms with E-state index in [1.54, 1.807) is 0 Å². The molecule has 1 aliphatic heterocycles. The molecule has 1 aliphatic rings. The fourth-order valence-electron chi connectivity index (χ4n) is 3.34. The van der Waals surface area contributed by atoms with E-state index in [0.717, 1.165) is 9.13 Å². The number of ether oxygens (including phenoxy) is 5. The van der Waals surface area contributed by atoms with E-state index in [-0.39, 0.29) is 6.61 Å². The van der Waals surface area contributed by atoms with Crippen LogP contribution in [-0.4, -0.2) is 61.0 Å². The topological polar surface area (TPSA) is 114 Å². The van der Waals surface area contributed by atoms with E-state index in [1.807, 2.05) is 24.3 Å². The Morgan fingerprint density at radius 1 is 0.774 bits per heavy atom. The van der Waals surface area contributed by atoms with Crippen LogP contribution >= 0.6 is 22.6 Å². The lowest BCUT2D eigenvalue weighted by Gasteiger charge is -2.44. The normalized spacial score (nSPS) is 25.3. The molecule has 9 nitrogen and oxygen atoms in total. The third-order valence-corrected chi connectivity index (χ3v) is 5.16. The molecule has 31 heavy (non-hydrogen) atoms. The molecule has 1 heterocycles. The first kappa shape index (κ1) is 25.1. The van der Waals surface area contributed by atoms with Gasteiger partial charge in [-0.05, 0) is 40.3 Å². The fraction of sp³-hybridized carbons (Fsp3) is 0.524. The van der Waals surface area contributed by atoms with Crippen LogP contribution in [-0.2, 0) is 49.3 Å². The van der Waals surface area contributed by atoms with Crippen molar-refractivity contribution in [2.45, 2.75) is 64.6 Å². The second kappa shape index (κ2) is 11.4. The molecule has 0 aliphatic carbocycles. The zero-order valence-corrected chi connectivity index (χ0v) is 19.8.